The first-order chi connectivity index (χ1) is 12.9. The number of aromatic hydroxyl groups is 1. The van der Waals surface area contributed by atoms with Crippen molar-refractivity contribution in [3.8, 4) is 28.0 Å². The molecule has 0 radical (unpaired) electrons. The maximum atomic E-state index is 12.9. The molecule has 0 atom stereocenters. The van der Waals surface area contributed by atoms with E-state index in [1.165, 1.54) is 6.07 Å². The van der Waals surface area contributed by atoms with Crippen molar-refractivity contribution in [1.82, 2.24) is 0 Å². The van der Waals surface area contributed by atoms with Crippen molar-refractivity contribution in [2.45, 2.75) is 0 Å². The van der Waals surface area contributed by atoms with Gasteiger partial charge in [0.1, 0.15) is 5.75 Å². The van der Waals surface area contributed by atoms with Crippen LogP contribution >= 0.6 is 34.8 Å². The topological polar surface area (TPSA) is 50.4 Å². The van der Waals surface area contributed by atoms with Gasteiger partial charge in [-0.3, -0.25) is 0 Å². The number of phenols is 1. The van der Waals surface area contributed by atoms with Crippen LogP contribution in [0, 0.1) is 0 Å². The van der Waals surface area contributed by atoms with E-state index in [0.29, 0.717) is 37.7 Å². The first kappa shape index (κ1) is 17.9. The SMILES string of the molecule is O=c1oc2c(Cl)cc(Cl)cc2c(-c2ccc(O)cc2)c1-c1ccc(Cl)cc1. The minimum absolute atomic E-state index is 0.120. The van der Waals surface area contributed by atoms with E-state index in [2.05, 4.69) is 0 Å². The second-order valence-electron chi connectivity index (χ2n) is 5.96. The summed E-state index contributed by atoms with van der Waals surface area (Å²) in [5, 5.41) is 11.5. The highest BCUT2D eigenvalue weighted by Crippen LogP contribution is 2.40. The Labute approximate surface area is 169 Å². The molecule has 4 aromatic rings. The zero-order chi connectivity index (χ0) is 19.1. The van der Waals surface area contributed by atoms with Gasteiger partial charge in [0.25, 0.3) is 0 Å². The Bertz CT molecular complexity index is 1210. The van der Waals surface area contributed by atoms with E-state index in [4.69, 9.17) is 39.2 Å². The largest absolute Gasteiger partial charge is 0.508 e. The fourth-order valence-corrected chi connectivity index (χ4v) is 3.69. The summed E-state index contributed by atoms with van der Waals surface area (Å²) >= 11 is 18.5. The van der Waals surface area contributed by atoms with E-state index in [0.717, 1.165) is 0 Å². The molecule has 1 N–H and O–H groups in total. The Hall–Kier alpha value is -2.46. The van der Waals surface area contributed by atoms with Crippen molar-refractivity contribution in [2.75, 3.05) is 0 Å². The van der Waals surface area contributed by atoms with Crippen LogP contribution in [0.1, 0.15) is 0 Å². The van der Waals surface area contributed by atoms with E-state index in [-0.39, 0.29) is 16.4 Å². The molecule has 1 aromatic heterocycles. The van der Waals surface area contributed by atoms with Crippen molar-refractivity contribution in [3.63, 3.8) is 0 Å². The number of rotatable bonds is 2. The summed E-state index contributed by atoms with van der Waals surface area (Å²) < 4.78 is 5.52. The molecule has 0 saturated carbocycles. The van der Waals surface area contributed by atoms with Crippen molar-refractivity contribution in [1.29, 1.82) is 0 Å². The molecule has 0 fully saturated rings. The summed E-state index contributed by atoms with van der Waals surface area (Å²) in [7, 11) is 0. The molecule has 4 rings (SSSR count). The van der Waals surface area contributed by atoms with Crippen LogP contribution in [0.4, 0.5) is 0 Å². The van der Waals surface area contributed by atoms with Crippen LogP contribution in [0.25, 0.3) is 33.2 Å². The van der Waals surface area contributed by atoms with E-state index < -0.39 is 5.63 Å². The number of phenolic OH excluding ortho intramolecular Hbond substituents is 1. The highest BCUT2D eigenvalue weighted by atomic mass is 35.5. The molecule has 0 amide bonds. The molecule has 27 heavy (non-hydrogen) atoms. The monoisotopic (exact) mass is 416 g/mol. The fraction of sp³-hybridized carbons (Fsp3) is 0. The highest BCUT2D eigenvalue weighted by molar-refractivity contribution is 6.38. The molecule has 1 heterocycles. The molecule has 3 nitrogen and oxygen atoms in total. The molecule has 3 aromatic carbocycles. The van der Waals surface area contributed by atoms with Crippen LogP contribution in [0.3, 0.4) is 0 Å². The number of hydrogen-bond acceptors (Lipinski definition) is 3. The van der Waals surface area contributed by atoms with Gasteiger partial charge in [0.2, 0.25) is 0 Å². The van der Waals surface area contributed by atoms with Crippen molar-refractivity contribution in [2.24, 2.45) is 0 Å². The third-order valence-electron chi connectivity index (χ3n) is 4.22. The van der Waals surface area contributed by atoms with Gasteiger partial charge in [0.15, 0.2) is 5.58 Å². The molecule has 0 spiro atoms. The smallest absolute Gasteiger partial charge is 0.344 e. The quantitative estimate of drug-likeness (QED) is 0.365. The number of fused-ring (bicyclic) bond motifs is 1. The van der Waals surface area contributed by atoms with Gasteiger partial charge in [-0.15, -0.1) is 0 Å². The van der Waals surface area contributed by atoms with Gasteiger partial charge in [-0.1, -0.05) is 59.1 Å². The molecule has 0 aliphatic heterocycles. The minimum atomic E-state index is -0.530. The molecule has 0 saturated heterocycles. The lowest BCUT2D eigenvalue weighted by Gasteiger charge is -2.13. The summed E-state index contributed by atoms with van der Waals surface area (Å²) in [6.45, 7) is 0. The Morgan fingerprint density at radius 3 is 2.00 bits per heavy atom. The third kappa shape index (κ3) is 3.30. The molecule has 6 heteroatoms. The second-order valence-corrected chi connectivity index (χ2v) is 7.24. The second kappa shape index (κ2) is 6.93. The van der Waals surface area contributed by atoms with E-state index >= 15 is 0 Å². The highest BCUT2D eigenvalue weighted by Gasteiger charge is 2.20. The van der Waals surface area contributed by atoms with Crippen LogP contribution in [0.5, 0.6) is 5.75 Å². The summed E-state index contributed by atoms with van der Waals surface area (Å²) in [5.41, 5.74) is 2.07. The summed E-state index contributed by atoms with van der Waals surface area (Å²) in [6, 6.07) is 16.7. The van der Waals surface area contributed by atoms with E-state index in [9.17, 15) is 9.90 Å². The first-order valence-corrected chi connectivity index (χ1v) is 9.08. The lowest BCUT2D eigenvalue weighted by atomic mass is 9.93. The Morgan fingerprint density at radius 1 is 0.741 bits per heavy atom. The van der Waals surface area contributed by atoms with Crippen LogP contribution in [0.2, 0.25) is 15.1 Å². The van der Waals surface area contributed by atoms with Gasteiger partial charge >= 0.3 is 5.63 Å². The van der Waals surface area contributed by atoms with E-state index in [1.54, 1.807) is 54.6 Å². The van der Waals surface area contributed by atoms with Crippen molar-refractivity contribution >= 4 is 45.8 Å². The minimum Gasteiger partial charge on any atom is -0.508 e. The predicted octanol–water partition coefficient (Wildman–Crippen LogP) is 6.79. The molecule has 0 aliphatic carbocycles. The standard InChI is InChI=1S/C21H11Cl3O3/c22-13-5-1-12(2-6-13)19-18(11-3-7-15(25)8-4-11)16-9-14(23)10-17(24)20(16)27-21(19)26/h1-10,25H. The van der Waals surface area contributed by atoms with Gasteiger partial charge in [-0.05, 0) is 47.5 Å². The zero-order valence-electron chi connectivity index (χ0n) is 13.7. The van der Waals surface area contributed by atoms with Crippen molar-refractivity contribution < 1.29 is 9.52 Å². The Kier molecular flexibility index (Phi) is 4.60. The van der Waals surface area contributed by atoms with Gasteiger partial charge in [0.05, 0.1) is 10.6 Å². The van der Waals surface area contributed by atoms with Crippen LogP contribution in [0.15, 0.2) is 69.9 Å². The summed E-state index contributed by atoms with van der Waals surface area (Å²) in [5.74, 6) is 0.120. The maximum Gasteiger partial charge on any atom is 0.344 e. The lowest BCUT2D eigenvalue weighted by molar-refractivity contribution is 0.475. The first-order valence-electron chi connectivity index (χ1n) is 7.95. The maximum absolute atomic E-state index is 12.9. The Balaban J connectivity index is 2.18. The fourth-order valence-electron chi connectivity index (χ4n) is 3.04. The zero-order valence-corrected chi connectivity index (χ0v) is 15.9. The third-order valence-corrected chi connectivity index (χ3v) is 4.97. The van der Waals surface area contributed by atoms with Crippen LogP contribution in [-0.4, -0.2) is 5.11 Å². The Morgan fingerprint density at radius 2 is 1.33 bits per heavy atom. The number of hydrogen-bond donors (Lipinski definition) is 1. The van der Waals surface area contributed by atoms with Gasteiger partial charge < -0.3 is 9.52 Å². The molecular formula is C21H11Cl3O3. The number of benzene rings is 3. The normalized spacial score (nSPS) is 11.1. The molecule has 0 unspecified atom stereocenters. The van der Waals surface area contributed by atoms with Crippen LogP contribution < -0.4 is 5.63 Å². The predicted molar refractivity (Wildman–Crippen MR) is 110 cm³/mol. The average molecular weight is 418 g/mol. The average Bonchev–Trinajstić information content (AvgIpc) is 2.63. The molecular weight excluding hydrogens is 407 g/mol. The van der Waals surface area contributed by atoms with Crippen molar-refractivity contribution in [3.05, 3.63) is 86.2 Å². The van der Waals surface area contributed by atoms with Gasteiger partial charge in [0, 0.05) is 21.0 Å². The molecule has 0 bridgehead atoms. The van der Waals surface area contributed by atoms with Gasteiger partial charge in [-0.2, -0.15) is 0 Å². The van der Waals surface area contributed by atoms with Gasteiger partial charge in [-0.25, -0.2) is 4.79 Å². The summed E-state index contributed by atoms with van der Waals surface area (Å²) in [4.78, 5) is 12.9. The lowest BCUT2D eigenvalue weighted by Crippen LogP contribution is -2.06. The molecule has 0 aliphatic rings. The van der Waals surface area contributed by atoms with E-state index in [1.807, 2.05) is 0 Å². The number of halogens is 3. The van der Waals surface area contributed by atoms with Crippen LogP contribution in [-0.2, 0) is 0 Å². The molecule has 134 valence electrons. The summed E-state index contributed by atoms with van der Waals surface area (Å²) in [6.07, 6.45) is 0.